The monoisotopic (exact) mass is 113 g/mol. The molecule has 0 radical (unpaired) electrons. The lowest BCUT2D eigenvalue weighted by atomic mass is 10.3. The molecule has 1 aliphatic heterocycles. The molecule has 3 nitrogen and oxygen atoms in total. The standard InChI is InChI=1S/C5H11N3/c1-3-5-4-6-8(2)7-5/h4-5,7H,3H2,1-2H3. The van der Waals surface area contributed by atoms with Crippen LogP contribution in [0.25, 0.3) is 0 Å². The summed E-state index contributed by atoms with van der Waals surface area (Å²) in [5.74, 6) is 0. The van der Waals surface area contributed by atoms with Crippen LogP contribution >= 0.6 is 0 Å². The molecule has 0 aromatic rings. The number of hydrogen-bond acceptors (Lipinski definition) is 3. The van der Waals surface area contributed by atoms with Crippen LogP contribution < -0.4 is 5.43 Å². The summed E-state index contributed by atoms with van der Waals surface area (Å²) in [5, 5.41) is 5.72. The topological polar surface area (TPSA) is 27.6 Å². The highest BCUT2D eigenvalue weighted by Crippen LogP contribution is 1.95. The van der Waals surface area contributed by atoms with E-state index in [1.165, 1.54) is 0 Å². The van der Waals surface area contributed by atoms with E-state index >= 15 is 0 Å². The van der Waals surface area contributed by atoms with Crippen molar-refractivity contribution in [2.24, 2.45) is 5.10 Å². The second-order valence-electron chi connectivity index (χ2n) is 1.93. The summed E-state index contributed by atoms with van der Waals surface area (Å²) in [5.41, 5.74) is 3.11. The highest BCUT2D eigenvalue weighted by atomic mass is 15.7. The van der Waals surface area contributed by atoms with Gasteiger partial charge in [-0.2, -0.15) is 5.10 Å². The van der Waals surface area contributed by atoms with Gasteiger partial charge in [-0.15, -0.1) is 0 Å². The Balaban J connectivity index is 2.34. The summed E-state index contributed by atoms with van der Waals surface area (Å²) in [6, 6.07) is 0.458. The number of nitrogens with zero attached hydrogens (tertiary/aromatic N) is 2. The van der Waals surface area contributed by atoms with Gasteiger partial charge in [-0.25, -0.2) is 10.5 Å². The van der Waals surface area contributed by atoms with Crippen molar-refractivity contribution in [1.29, 1.82) is 0 Å². The van der Waals surface area contributed by atoms with Crippen molar-refractivity contribution < 1.29 is 0 Å². The van der Waals surface area contributed by atoms with Crippen LogP contribution in [-0.2, 0) is 0 Å². The van der Waals surface area contributed by atoms with E-state index in [1.807, 2.05) is 13.3 Å². The van der Waals surface area contributed by atoms with Crippen LogP contribution in [0.5, 0.6) is 0 Å². The summed E-state index contributed by atoms with van der Waals surface area (Å²) >= 11 is 0. The molecular weight excluding hydrogens is 102 g/mol. The molecule has 1 heterocycles. The van der Waals surface area contributed by atoms with Gasteiger partial charge in [0.25, 0.3) is 0 Å². The molecule has 1 atom stereocenters. The van der Waals surface area contributed by atoms with Crippen molar-refractivity contribution in [3.63, 3.8) is 0 Å². The van der Waals surface area contributed by atoms with Crippen molar-refractivity contribution in [2.75, 3.05) is 7.05 Å². The number of hydrazine groups is 1. The van der Waals surface area contributed by atoms with Gasteiger partial charge in [0.15, 0.2) is 0 Å². The molecule has 0 saturated heterocycles. The molecule has 0 spiro atoms. The molecule has 1 rings (SSSR count). The fraction of sp³-hybridized carbons (Fsp3) is 0.800. The van der Waals surface area contributed by atoms with Gasteiger partial charge in [0, 0.05) is 13.3 Å². The number of nitrogens with one attached hydrogen (secondary N) is 1. The first kappa shape index (κ1) is 5.56. The number of rotatable bonds is 1. The van der Waals surface area contributed by atoms with Crippen molar-refractivity contribution in [3.8, 4) is 0 Å². The smallest absolute Gasteiger partial charge is 0.0646 e. The number of hydrazone groups is 1. The molecule has 8 heavy (non-hydrogen) atoms. The Hall–Kier alpha value is -0.570. The first-order chi connectivity index (χ1) is 3.83. The average molecular weight is 113 g/mol. The normalized spacial score (nSPS) is 27.2. The summed E-state index contributed by atoms with van der Waals surface area (Å²) in [7, 11) is 1.90. The molecule has 3 heteroatoms. The summed E-state index contributed by atoms with van der Waals surface area (Å²) in [6.45, 7) is 2.13. The van der Waals surface area contributed by atoms with Gasteiger partial charge in [0.2, 0.25) is 0 Å². The Bertz CT molecular complexity index is 99.8. The maximum absolute atomic E-state index is 3.99. The third-order valence-corrected chi connectivity index (χ3v) is 1.21. The second-order valence-corrected chi connectivity index (χ2v) is 1.93. The lowest BCUT2D eigenvalue weighted by molar-refractivity contribution is 0.259. The van der Waals surface area contributed by atoms with E-state index in [2.05, 4.69) is 17.5 Å². The van der Waals surface area contributed by atoms with Crippen LogP contribution in [0.2, 0.25) is 0 Å². The Labute approximate surface area is 49.3 Å². The van der Waals surface area contributed by atoms with Crippen LogP contribution in [0, 0.1) is 0 Å². The zero-order valence-corrected chi connectivity index (χ0v) is 5.26. The Morgan fingerprint density at radius 1 is 1.88 bits per heavy atom. The SMILES string of the molecule is CCC1C=NN(C)N1. The van der Waals surface area contributed by atoms with Gasteiger partial charge >= 0.3 is 0 Å². The van der Waals surface area contributed by atoms with Crippen LogP contribution in [0.4, 0.5) is 0 Å². The third kappa shape index (κ3) is 0.980. The minimum atomic E-state index is 0.458. The molecule has 1 unspecified atom stereocenters. The lowest BCUT2D eigenvalue weighted by Gasteiger charge is -2.09. The largest absolute Gasteiger partial charge is 0.233 e. The zero-order valence-electron chi connectivity index (χ0n) is 5.26. The lowest BCUT2D eigenvalue weighted by Crippen LogP contribution is -2.32. The average Bonchev–Trinajstić information content (AvgIpc) is 2.14. The highest BCUT2D eigenvalue weighted by Gasteiger charge is 2.08. The molecule has 0 saturated carbocycles. The molecular formula is C5H11N3. The van der Waals surface area contributed by atoms with Crippen molar-refractivity contribution in [2.45, 2.75) is 19.4 Å². The molecule has 1 aliphatic rings. The summed E-state index contributed by atoms with van der Waals surface area (Å²) in [6.07, 6.45) is 3.02. The van der Waals surface area contributed by atoms with Crippen molar-refractivity contribution in [3.05, 3.63) is 0 Å². The first-order valence-electron chi connectivity index (χ1n) is 2.87. The molecule has 0 aromatic heterocycles. The Kier molecular flexibility index (Phi) is 1.48. The number of hydrogen-bond donors (Lipinski definition) is 1. The maximum atomic E-state index is 3.99. The molecule has 0 aliphatic carbocycles. The van der Waals surface area contributed by atoms with Gasteiger partial charge in [-0.1, -0.05) is 6.92 Å². The van der Waals surface area contributed by atoms with E-state index in [-0.39, 0.29) is 0 Å². The van der Waals surface area contributed by atoms with Crippen LogP contribution in [0.15, 0.2) is 5.10 Å². The van der Waals surface area contributed by atoms with E-state index in [0.717, 1.165) is 6.42 Å². The molecule has 1 N–H and O–H groups in total. The van der Waals surface area contributed by atoms with Crippen molar-refractivity contribution >= 4 is 6.21 Å². The van der Waals surface area contributed by atoms with E-state index in [1.54, 1.807) is 5.12 Å². The van der Waals surface area contributed by atoms with Crippen LogP contribution in [0.1, 0.15) is 13.3 Å². The third-order valence-electron chi connectivity index (χ3n) is 1.21. The molecule has 0 fully saturated rings. The molecule has 0 amide bonds. The molecule has 46 valence electrons. The predicted molar refractivity (Wildman–Crippen MR) is 33.5 cm³/mol. The molecule has 0 bridgehead atoms. The summed E-state index contributed by atoms with van der Waals surface area (Å²) in [4.78, 5) is 0. The van der Waals surface area contributed by atoms with Gasteiger partial charge in [-0.3, -0.25) is 0 Å². The van der Waals surface area contributed by atoms with Gasteiger partial charge < -0.3 is 0 Å². The Morgan fingerprint density at radius 3 is 2.88 bits per heavy atom. The highest BCUT2D eigenvalue weighted by molar-refractivity contribution is 5.65. The minimum absolute atomic E-state index is 0.458. The van der Waals surface area contributed by atoms with Gasteiger partial charge in [0.1, 0.15) is 0 Å². The van der Waals surface area contributed by atoms with E-state index in [9.17, 15) is 0 Å². The fourth-order valence-corrected chi connectivity index (χ4v) is 0.684. The van der Waals surface area contributed by atoms with E-state index in [0.29, 0.717) is 6.04 Å². The van der Waals surface area contributed by atoms with Crippen LogP contribution in [-0.4, -0.2) is 24.4 Å². The fourth-order valence-electron chi connectivity index (χ4n) is 0.684. The predicted octanol–water partition coefficient (Wildman–Crippen LogP) is 0.201. The van der Waals surface area contributed by atoms with Gasteiger partial charge in [-0.05, 0) is 6.42 Å². The van der Waals surface area contributed by atoms with Crippen LogP contribution in [0.3, 0.4) is 0 Å². The minimum Gasteiger partial charge on any atom is -0.233 e. The van der Waals surface area contributed by atoms with E-state index < -0.39 is 0 Å². The summed E-state index contributed by atoms with van der Waals surface area (Å²) < 4.78 is 0. The maximum Gasteiger partial charge on any atom is 0.0646 e. The van der Waals surface area contributed by atoms with Crippen molar-refractivity contribution in [1.82, 2.24) is 10.5 Å². The van der Waals surface area contributed by atoms with E-state index in [4.69, 9.17) is 0 Å². The first-order valence-corrected chi connectivity index (χ1v) is 2.87. The quantitative estimate of drug-likeness (QED) is 0.526. The molecule has 0 aromatic carbocycles. The van der Waals surface area contributed by atoms with Gasteiger partial charge in [0.05, 0.1) is 6.04 Å². The second kappa shape index (κ2) is 2.13. The zero-order chi connectivity index (χ0) is 5.98. The Morgan fingerprint density at radius 2 is 2.62 bits per heavy atom.